The van der Waals surface area contributed by atoms with Crippen LogP contribution in [0.1, 0.15) is 12.2 Å². The Hall–Kier alpha value is -1.56. The summed E-state index contributed by atoms with van der Waals surface area (Å²) in [7, 11) is 0. The summed E-state index contributed by atoms with van der Waals surface area (Å²) in [6, 6.07) is 2.00. The molecule has 0 radical (unpaired) electrons. The molecule has 1 heterocycles. The van der Waals surface area contributed by atoms with Gasteiger partial charge in [-0.05, 0) is 6.42 Å². The first-order valence-electron chi connectivity index (χ1n) is 3.40. The van der Waals surface area contributed by atoms with Crippen LogP contribution in [0.5, 0.6) is 0 Å². The Labute approximate surface area is 65.6 Å². The molecule has 3 heteroatoms. The summed E-state index contributed by atoms with van der Waals surface area (Å²) in [6.07, 6.45) is 6.11. The zero-order valence-corrected chi connectivity index (χ0v) is 6.20. The molecular formula is C8H9N3. The number of imidazole rings is 1. The topological polar surface area (TPSA) is 41.6 Å². The third kappa shape index (κ3) is 1.68. The van der Waals surface area contributed by atoms with E-state index in [1.807, 2.05) is 16.7 Å². The SMILES string of the molecule is C=CCCn1ccnc1C#N. The van der Waals surface area contributed by atoms with E-state index in [0.717, 1.165) is 13.0 Å². The van der Waals surface area contributed by atoms with Gasteiger partial charge in [-0.3, -0.25) is 0 Å². The highest BCUT2D eigenvalue weighted by molar-refractivity contribution is 5.10. The summed E-state index contributed by atoms with van der Waals surface area (Å²) < 4.78 is 1.81. The van der Waals surface area contributed by atoms with E-state index in [2.05, 4.69) is 11.6 Å². The number of hydrogen-bond acceptors (Lipinski definition) is 2. The first-order valence-corrected chi connectivity index (χ1v) is 3.40. The fourth-order valence-corrected chi connectivity index (χ4v) is 0.833. The van der Waals surface area contributed by atoms with E-state index in [-0.39, 0.29) is 0 Å². The van der Waals surface area contributed by atoms with Crippen molar-refractivity contribution < 1.29 is 0 Å². The van der Waals surface area contributed by atoms with Gasteiger partial charge in [-0.1, -0.05) is 6.08 Å². The third-order valence-corrected chi connectivity index (χ3v) is 1.39. The average Bonchev–Trinajstić information content (AvgIpc) is 2.47. The van der Waals surface area contributed by atoms with E-state index >= 15 is 0 Å². The summed E-state index contributed by atoms with van der Waals surface area (Å²) in [5, 5.41) is 8.55. The maximum atomic E-state index is 8.55. The van der Waals surface area contributed by atoms with Crippen molar-refractivity contribution in [1.82, 2.24) is 9.55 Å². The van der Waals surface area contributed by atoms with Gasteiger partial charge in [0.1, 0.15) is 6.07 Å². The molecule has 0 aliphatic carbocycles. The van der Waals surface area contributed by atoms with Crippen molar-refractivity contribution in [3.63, 3.8) is 0 Å². The van der Waals surface area contributed by atoms with Crippen molar-refractivity contribution in [3.8, 4) is 6.07 Å². The van der Waals surface area contributed by atoms with Crippen LogP contribution >= 0.6 is 0 Å². The summed E-state index contributed by atoms with van der Waals surface area (Å²) in [4.78, 5) is 3.86. The van der Waals surface area contributed by atoms with Crippen molar-refractivity contribution in [1.29, 1.82) is 5.26 Å². The Morgan fingerprint density at radius 3 is 3.27 bits per heavy atom. The molecule has 0 fully saturated rings. The molecular weight excluding hydrogens is 138 g/mol. The summed E-state index contributed by atoms with van der Waals surface area (Å²) in [5.74, 6) is 0.465. The molecule has 11 heavy (non-hydrogen) atoms. The third-order valence-electron chi connectivity index (χ3n) is 1.39. The maximum absolute atomic E-state index is 8.55. The van der Waals surface area contributed by atoms with Gasteiger partial charge in [0, 0.05) is 18.9 Å². The number of nitriles is 1. The Balaban J connectivity index is 2.70. The summed E-state index contributed by atoms with van der Waals surface area (Å²) in [5.41, 5.74) is 0. The predicted octanol–water partition coefficient (Wildman–Crippen LogP) is 1.33. The molecule has 0 saturated heterocycles. The van der Waals surface area contributed by atoms with Crippen LogP contribution in [0.2, 0.25) is 0 Å². The van der Waals surface area contributed by atoms with Crippen molar-refractivity contribution in [3.05, 3.63) is 30.9 Å². The van der Waals surface area contributed by atoms with Gasteiger partial charge >= 0.3 is 0 Å². The van der Waals surface area contributed by atoms with E-state index in [0.29, 0.717) is 5.82 Å². The van der Waals surface area contributed by atoms with Gasteiger partial charge in [-0.25, -0.2) is 4.98 Å². The van der Waals surface area contributed by atoms with Crippen molar-refractivity contribution in [2.75, 3.05) is 0 Å². The fraction of sp³-hybridized carbons (Fsp3) is 0.250. The molecule has 0 unspecified atom stereocenters. The van der Waals surface area contributed by atoms with Crippen LogP contribution in [0, 0.1) is 11.3 Å². The standard InChI is InChI=1S/C8H9N3/c1-2-3-5-11-6-4-10-8(11)7-9/h2,4,6H,1,3,5H2. The summed E-state index contributed by atoms with van der Waals surface area (Å²) >= 11 is 0. The first kappa shape index (κ1) is 7.55. The first-order chi connectivity index (χ1) is 5.38. The fourth-order valence-electron chi connectivity index (χ4n) is 0.833. The van der Waals surface area contributed by atoms with E-state index in [1.165, 1.54) is 0 Å². The molecule has 3 nitrogen and oxygen atoms in total. The molecule has 0 saturated carbocycles. The van der Waals surface area contributed by atoms with Crippen LogP contribution in [-0.2, 0) is 6.54 Å². The lowest BCUT2D eigenvalue weighted by atomic mass is 10.4. The molecule has 0 spiro atoms. The van der Waals surface area contributed by atoms with Crippen molar-refractivity contribution >= 4 is 0 Å². The Kier molecular flexibility index (Phi) is 2.45. The Morgan fingerprint density at radius 2 is 2.64 bits per heavy atom. The second-order valence-corrected chi connectivity index (χ2v) is 2.13. The second kappa shape index (κ2) is 3.57. The summed E-state index contributed by atoms with van der Waals surface area (Å²) in [6.45, 7) is 4.38. The van der Waals surface area contributed by atoms with Gasteiger partial charge < -0.3 is 4.57 Å². The molecule has 0 bridgehead atoms. The maximum Gasteiger partial charge on any atom is 0.212 e. The Morgan fingerprint density at radius 1 is 1.82 bits per heavy atom. The number of rotatable bonds is 3. The number of nitrogens with zero attached hydrogens (tertiary/aromatic N) is 3. The predicted molar refractivity (Wildman–Crippen MR) is 41.8 cm³/mol. The number of hydrogen-bond donors (Lipinski definition) is 0. The van der Waals surface area contributed by atoms with Crippen molar-refractivity contribution in [2.24, 2.45) is 0 Å². The zero-order chi connectivity index (χ0) is 8.10. The van der Waals surface area contributed by atoms with Gasteiger partial charge in [0.15, 0.2) is 0 Å². The molecule has 56 valence electrons. The van der Waals surface area contributed by atoms with Crippen LogP contribution in [0.15, 0.2) is 25.0 Å². The lowest BCUT2D eigenvalue weighted by Gasteiger charge is -1.97. The largest absolute Gasteiger partial charge is 0.322 e. The van der Waals surface area contributed by atoms with Gasteiger partial charge in [0.05, 0.1) is 0 Å². The van der Waals surface area contributed by atoms with Crippen LogP contribution in [0.3, 0.4) is 0 Å². The molecule has 0 N–H and O–H groups in total. The molecule has 0 aliphatic rings. The zero-order valence-electron chi connectivity index (χ0n) is 6.20. The lowest BCUT2D eigenvalue weighted by molar-refractivity contribution is 0.699. The highest BCUT2D eigenvalue weighted by atomic mass is 15.1. The molecule has 0 aliphatic heterocycles. The van der Waals surface area contributed by atoms with Crippen LogP contribution < -0.4 is 0 Å². The van der Waals surface area contributed by atoms with Gasteiger partial charge in [-0.2, -0.15) is 5.26 Å². The molecule has 0 aromatic carbocycles. The molecule has 1 aromatic rings. The molecule has 0 amide bonds. The molecule has 0 atom stereocenters. The molecule has 1 rings (SSSR count). The van der Waals surface area contributed by atoms with Crippen LogP contribution in [0.4, 0.5) is 0 Å². The quantitative estimate of drug-likeness (QED) is 0.605. The van der Waals surface area contributed by atoms with Gasteiger partial charge in [0.2, 0.25) is 5.82 Å². The minimum Gasteiger partial charge on any atom is -0.322 e. The van der Waals surface area contributed by atoms with Crippen LogP contribution in [-0.4, -0.2) is 9.55 Å². The average molecular weight is 147 g/mol. The number of aromatic nitrogens is 2. The smallest absolute Gasteiger partial charge is 0.212 e. The van der Waals surface area contributed by atoms with E-state index in [1.54, 1.807) is 12.4 Å². The van der Waals surface area contributed by atoms with Gasteiger partial charge in [-0.15, -0.1) is 6.58 Å². The highest BCUT2D eigenvalue weighted by Crippen LogP contribution is 1.97. The van der Waals surface area contributed by atoms with Gasteiger partial charge in [0.25, 0.3) is 0 Å². The normalized spacial score (nSPS) is 9.00. The lowest BCUT2D eigenvalue weighted by Crippen LogP contribution is -1.98. The van der Waals surface area contributed by atoms with E-state index in [9.17, 15) is 0 Å². The van der Waals surface area contributed by atoms with Crippen LogP contribution in [0.25, 0.3) is 0 Å². The van der Waals surface area contributed by atoms with E-state index < -0.39 is 0 Å². The van der Waals surface area contributed by atoms with Crippen molar-refractivity contribution in [2.45, 2.75) is 13.0 Å². The van der Waals surface area contributed by atoms with E-state index in [4.69, 9.17) is 5.26 Å². The minimum absolute atomic E-state index is 0.465. The minimum atomic E-state index is 0.465. The highest BCUT2D eigenvalue weighted by Gasteiger charge is 1.97. The monoisotopic (exact) mass is 147 g/mol. The second-order valence-electron chi connectivity index (χ2n) is 2.13. The Bertz CT molecular complexity index is 280. The number of allylic oxidation sites excluding steroid dienone is 1. The number of aryl methyl sites for hydroxylation is 1. The molecule has 1 aromatic heterocycles.